The molecule has 0 bridgehead atoms. The number of methoxy groups -OCH3 is 1. The highest BCUT2D eigenvalue weighted by atomic mass is 16.5. The Morgan fingerprint density at radius 1 is 1.35 bits per heavy atom. The molecule has 0 unspecified atom stereocenters. The summed E-state index contributed by atoms with van der Waals surface area (Å²) in [7, 11) is 1.66. The molecule has 2 heterocycles. The van der Waals surface area contributed by atoms with Crippen LogP contribution in [-0.4, -0.2) is 44.2 Å². The summed E-state index contributed by atoms with van der Waals surface area (Å²) in [6.45, 7) is 3.35. The lowest BCUT2D eigenvalue weighted by Gasteiger charge is -2.33. The minimum absolute atomic E-state index is 0.167. The maximum atomic E-state index is 12.5. The lowest BCUT2D eigenvalue weighted by atomic mass is 9.95. The molecule has 2 aliphatic rings. The fraction of sp³-hybridized carbons (Fsp3) is 0.562. The molecule has 0 atom stereocenters. The highest BCUT2D eigenvalue weighted by molar-refractivity contribution is 5.96. The topological polar surface area (TPSA) is 38.8 Å². The van der Waals surface area contributed by atoms with Gasteiger partial charge in [-0.1, -0.05) is 0 Å². The zero-order chi connectivity index (χ0) is 13.9. The third kappa shape index (κ3) is 2.66. The van der Waals surface area contributed by atoms with Crippen molar-refractivity contribution in [3.8, 4) is 5.75 Å². The first kappa shape index (κ1) is 13.4. The average molecular weight is 275 g/mol. The summed E-state index contributed by atoms with van der Waals surface area (Å²) in [5.74, 6) is 1.59. The molecule has 1 amide bonds. The summed E-state index contributed by atoms with van der Waals surface area (Å²) < 4.78 is 10.6. The van der Waals surface area contributed by atoms with Gasteiger partial charge in [0.15, 0.2) is 0 Å². The number of hydrogen-bond donors (Lipinski definition) is 0. The van der Waals surface area contributed by atoms with Crippen molar-refractivity contribution < 1.29 is 14.3 Å². The Balaban J connectivity index is 1.71. The highest BCUT2D eigenvalue weighted by Crippen LogP contribution is 2.25. The fourth-order valence-corrected chi connectivity index (χ4v) is 3.05. The number of nitrogens with zero attached hydrogens (tertiary/aromatic N) is 1. The van der Waals surface area contributed by atoms with Gasteiger partial charge in [0.05, 0.1) is 7.11 Å². The lowest BCUT2D eigenvalue weighted by Crippen LogP contribution is -2.41. The van der Waals surface area contributed by atoms with Crippen LogP contribution < -0.4 is 4.74 Å². The number of carbonyl (C=O) groups excluding carboxylic acids is 1. The second-order valence-corrected chi connectivity index (χ2v) is 5.58. The summed E-state index contributed by atoms with van der Waals surface area (Å²) in [4.78, 5) is 14.5. The molecule has 0 aliphatic carbocycles. The summed E-state index contributed by atoms with van der Waals surface area (Å²) in [6.07, 6.45) is 3.06. The van der Waals surface area contributed by atoms with E-state index in [-0.39, 0.29) is 5.91 Å². The number of rotatable bonds is 3. The van der Waals surface area contributed by atoms with E-state index in [1.54, 1.807) is 7.11 Å². The smallest absolute Gasteiger partial charge is 0.254 e. The maximum Gasteiger partial charge on any atom is 0.254 e. The monoisotopic (exact) mass is 275 g/mol. The molecule has 3 rings (SSSR count). The normalized spacial score (nSPS) is 19.9. The van der Waals surface area contributed by atoms with Gasteiger partial charge in [0.25, 0.3) is 5.91 Å². The van der Waals surface area contributed by atoms with Crippen LogP contribution in [0.4, 0.5) is 0 Å². The molecule has 0 spiro atoms. The summed E-state index contributed by atoms with van der Waals surface area (Å²) in [6, 6.07) is 5.75. The summed E-state index contributed by atoms with van der Waals surface area (Å²) in [5.41, 5.74) is 1.95. The van der Waals surface area contributed by atoms with Crippen molar-refractivity contribution in [3.05, 3.63) is 29.3 Å². The molecule has 0 aromatic heterocycles. The molecule has 0 radical (unpaired) electrons. The first-order chi connectivity index (χ1) is 9.78. The van der Waals surface area contributed by atoms with Crippen LogP contribution in [0.15, 0.2) is 18.2 Å². The third-order valence-corrected chi connectivity index (χ3v) is 4.30. The van der Waals surface area contributed by atoms with Crippen LogP contribution in [0.5, 0.6) is 5.75 Å². The molecule has 108 valence electrons. The van der Waals surface area contributed by atoms with Crippen LogP contribution in [-0.2, 0) is 11.2 Å². The number of carbonyl (C=O) groups is 1. The number of benzene rings is 1. The lowest BCUT2D eigenvalue weighted by molar-refractivity contribution is 0.0449. The van der Waals surface area contributed by atoms with Gasteiger partial charge in [-0.05, 0) is 48.9 Å². The largest absolute Gasteiger partial charge is 0.497 e. The van der Waals surface area contributed by atoms with Crippen molar-refractivity contribution in [1.82, 2.24) is 4.90 Å². The summed E-state index contributed by atoms with van der Waals surface area (Å²) >= 11 is 0. The van der Waals surface area contributed by atoms with Gasteiger partial charge >= 0.3 is 0 Å². The van der Waals surface area contributed by atoms with Crippen LogP contribution in [0.3, 0.4) is 0 Å². The Morgan fingerprint density at radius 2 is 2.15 bits per heavy atom. The highest BCUT2D eigenvalue weighted by Gasteiger charge is 2.27. The Bertz CT molecular complexity index is 494. The van der Waals surface area contributed by atoms with Crippen LogP contribution in [0.2, 0.25) is 0 Å². The Morgan fingerprint density at radius 3 is 2.90 bits per heavy atom. The molecule has 2 aliphatic heterocycles. The molecule has 1 saturated heterocycles. The SMILES string of the molecule is COc1ccc2c(c1)CCN(CC1CCOCC1)C2=O. The van der Waals surface area contributed by atoms with Gasteiger partial charge in [0.1, 0.15) is 5.75 Å². The van der Waals surface area contributed by atoms with Gasteiger partial charge in [0, 0.05) is 31.9 Å². The number of fused-ring (bicyclic) bond motifs is 1. The second kappa shape index (κ2) is 5.83. The van der Waals surface area contributed by atoms with E-state index < -0.39 is 0 Å². The van der Waals surface area contributed by atoms with E-state index >= 15 is 0 Å². The quantitative estimate of drug-likeness (QED) is 0.848. The van der Waals surface area contributed by atoms with Crippen molar-refractivity contribution in [2.45, 2.75) is 19.3 Å². The molecule has 1 aromatic rings. The Labute approximate surface area is 119 Å². The zero-order valence-electron chi connectivity index (χ0n) is 11.9. The number of ether oxygens (including phenoxy) is 2. The van der Waals surface area contributed by atoms with Gasteiger partial charge in [-0.3, -0.25) is 4.79 Å². The third-order valence-electron chi connectivity index (χ3n) is 4.30. The van der Waals surface area contributed by atoms with Crippen molar-refractivity contribution in [2.24, 2.45) is 5.92 Å². The zero-order valence-corrected chi connectivity index (χ0v) is 11.9. The standard InChI is InChI=1S/C16H21NO3/c1-19-14-2-3-15-13(10-14)4-7-17(16(15)18)11-12-5-8-20-9-6-12/h2-3,10,12H,4-9,11H2,1H3. The Kier molecular flexibility index (Phi) is 3.92. The van der Waals surface area contributed by atoms with Crippen LogP contribution >= 0.6 is 0 Å². The first-order valence-corrected chi connectivity index (χ1v) is 7.32. The van der Waals surface area contributed by atoms with E-state index in [0.717, 1.165) is 62.4 Å². The average Bonchev–Trinajstić information content (AvgIpc) is 2.51. The van der Waals surface area contributed by atoms with Crippen molar-refractivity contribution in [1.29, 1.82) is 0 Å². The number of amides is 1. The predicted octanol–water partition coefficient (Wildman–Crippen LogP) is 2.12. The molecule has 1 fully saturated rings. The van der Waals surface area contributed by atoms with E-state index in [2.05, 4.69) is 0 Å². The molecule has 4 heteroatoms. The van der Waals surface area contributed by atoms with E-state index in [1.807, 2.05) is 23.1 Å². The van der Waals surface area contributed by atoms with Gasteiger partial charge < -0.3 is 14.4 Å². The molecule has 4 nitrogen and oxygen atoms in total. The van der Waals surface area contributed by atoms with Gasteiger partial charge in [-0.15, -0.1) is 0 Å². The first-order valence-electron chi connectivity index (χ1n) is 7.32. The molecule has 0 N–H and O–H groups in total. The van der Waals surface area contributed by atoms with E-state index in [1.165, 1.54) is 0 Å². The molecular weight excluding hydrogens is 254 g/mol. The molecular formula is C16H21NO3. The van der Waals surface area contributed by atoms with Crippen molar-refractivity contribution in [2.75, 3.05) is 33.4 Å². The van der Waals surface area contributed by atoms with Gasteiger partial charge in [-0.2, -0.15) is 0 Å². The number of hydrogen-bond acceptors (Lipinski definition) is 3. The fourth-order valence-electron chi connectivity index (χ4n) is 3.05. The Hall–Kier alpha value is -1.55. The van der Waals surface area contributed by atoms with Crippen molar-refractivity contribution >= 4 is 5.91 Å². The summed E-state index contributed by atoms with van der Waals surface area (Å²) in [5, 5.41) is 0. The molecule has 1 aromatic carbocycles. The van der Waals surface area contributed by atoms with Crippen LogP contribution in [0.1, 0.15) is 28.8 Å². The van der Waals surface area contributed by atoms with Gasteiger partial charge in [-0.25, -0.2) is 0 Å². The van der Waals surface area contributed by atoms with E-state index in [4.69, 9.17) is 9.47 Å². The van der Waals surface area contributed by atoms with Crippen molar-refractivity contribution in [3.63, 3.8) is 0 Å². The maximum absolute atomic E-state index is 12.5. The van der Waals surface area contributed by atoms with E-state index in [0.29, 0.717) is 5.92 Å². The van der Waals surface area contributed by atoms with Crippen LogP contribution in [0, 0.1) is 5.92 Å². The van der Waals surface area contributed by atoms with Crippen LogP contribution in [0.25, 0.3) is 0 Å². The minimum atomic E-state index is 0.167. The minimum Gasteiger partial charge on any atom is -0.497 e. The second-order valence-electron chi connectivity index (χ2n) is 5.58. The predicted molar refractivity (Wildman–Crippen MR) is 76.1 cm³/mol. The molecule has 20 heavy (non-hydrogen) atoms. The van der Waals surface area contributed by atoms with Gasteiger partial charge in [0.2, 0.25) is 0 Å². The van der Waals surface area contributed by atoms with E-state index in [9.17, 15) is 4.79 Å². The molecule has 0 saturated carbocycles.